The van der Waals surface area contributed by atoms with Crippen molar-refractivity contribution in [3.05, 3.63) is 29.8 Å². The molecule has 0 aliphatic carbocycles. The topological polar surface area (TPSA) is 45.0 Å². The van der Waals surface area contributed by atoms with Crippen LogP contribution < -0.4 is 10.1 Å². The second kappa shape index (κ2) is 6.05. The smallest absolute Gasteiger partial charge is 0.125 e. The average molecular weight is 204 g/mol. The second-order valence-corrected chi connectivity index (χ2v) is 3.09. The molecule has 1 unspecified atom stereocenters. The Morgan fingerprint density at radius 1 is 1.40 bits per heavy atom. The van der Waals surface area contributed by atoms with E-state index in [1.165, 1.54) is 0 Å². The highest BCUT2D eigenvalue weighted by Crippen LogP contribution is 2.24. The Morgan fingerprint density at radius 3 is 2.73 bits per heavy atom. The summed E-state index contributed by atoms with van der Waals surface area (Å²) in [6, 6.07) is 9.57. The Bertz CT molecular complexity index is 344. The summed E-state index contributed by atoms with van der Waals surface area (Å²) in [6.45, 7) is 5.29. The number of nitrogens with zero attached hydrogens (tertiary/aromatic N) is 1. The van der Waals surface area contributed by atoms with Crippen LogP contribution in [-0.2, 0) is 0 Å². The molecule has 1 rings (SSSR count). The number of ether oxygens (including phenoxy) is 1. The van der Waals surface area contributed by atoms with E-state index < -0.39 is 0 Å². The van der Waals surface area contributed by atoms with E-state index in [0.717, 1.165) is 17.9 Å². The second-order valence-electron chi connectivity index (χ2n) is 3.09. The van der Waals surface area contributed by atoms with Crippen molar-refractivity contribution in [3.63, 3.8) is 0 Å². The highest BCUT2D eigenvalue weighted by molar-refractivity contribution is 5.38. The van der Waals surface area contributed by atoms with Gasteiger partial charge in [0, 0.05) is 5.56 Å². The predicted octanol–water partition coefficient (Wildman–Crippen LogP) is 2.26. The van der Waals surface area contributed by atoms with Crippen molar-refractivity contribution in [2.24, 2.45) is 0 Å². The van der Waals surface area contributed by atoms with Gasteiger partial charge in [0.2, 0.25) is 0 Å². The van der Waals surface area contributed by atoms with Crippen molar-refractivity contribution in [2.75, 3.05) is 13.2 Å². The van der Waals surface area contributed by atoms with Crippen molar-refractivity contribution in [1.82, 2.24) is 5.32 Å². The van der Waals surface area contributed by atoms with Gasteiger partial charge in [0.15, 0.2) is 0 Å². The van der Waals surface area contributed by atoms with Crippen LogP contribution in [0.2, 0.25) is 0 Å². The number of hydrogen-bond acceptors (Lipinski definition) is 3. The first-order chi connectivity index (χ1) is 7.33. The average Bonchev–Trinajstić information content (AvgIpc) is 2.27. The van der Waals surface area contributed by atoms with Gasteiger partial charge in [0.05, 0.1) is 12.7 Å². The summed E-state index contributed by atoms with van der Waals surface area (Å²) in [4.78, 5) is 0. The monoisotopic (exact) mass is 204 g/mol. The largest absolute Gasteiger partial charge is 0.493 e. The first-order valence-electron chi connectivity index (χ1n) is 5.18. The molecule has 0 spiro atoms. The fraction of sp³-hybridized carbons (Fsp3) is 0.417. The van der Waals surface area contributed by atoms with Gasteiger partial charge in [-0.25, -0.2) is 0 Å². The van der Waals surface area contributed by atoms with Crippen molar-refractivity contribution in [2.45, 2.75) is 19.9 Å². The molecule has 0 bridgehead atoms. The maximum Gasteiger partial charge on any atom is 0.125 e. The van der Waals surface area contributed by atoms with E-state index in [-0.39, 0.29) is 6.04 Å². The lowest BCUT2D eigenvalue weighted by molar-refractivity contribution is 0.334. The Kier molecular flexibility index (Phi) is 4.65. The van der Waals surface area contributed by atoms with Gasteiger partial charge in [-0.2, -0.15) is 5.26 Å². The zero-order valence-electron chi connectivity index (χ0n) is 9.16. The molecule has 15 heavy (non-hydrogen) atoms. The molecule has 1 N–H and O–H groups in total. The van der Waals surface area contributed by atoms with Crippen LogP contribution in [-0.4, -0.2) is 13.2 Å². The number of hydrogen-bond donors (Lipinski definition) is 1. The molecule has 1 atom stereocenters. The third kappa shape index (κ3) is 2.97. The zero-order valence-corrected chi connectivity index (χ0v) is 9.16. The third-order valence-electron chi connectivity index (χ3n) is 2.07. The van der Waals surface area contributed by atoms with E-state index in [0.29, 0.717) is 6.61 Å². The maximum atomic E-state index is 9.04. The molecule has 0 aliphatic heterocycles. The normalized spacial score (nSPS) is 11.8. The van der Waals surface area contributed by atoms with Gasteiger partial charge in [-0.3, -0.25) is 5.32 Å². The summed E-state index contributed by atoms with van der Waals surface area (Å²) >= 11 is 0. The number of rotatable bonds is 5. The lowest BCUT2D eigenvalue weighted by Gasteiger charge is -2.14. The molecule has 0 saturated heterocycles. The van der Waals surface area contributed by atoms with E-state index in [4.69, 9.17) is 10.00 Å². The standard InChI is InChI=1S/C12H16N2O/c1-3-14-11(9-13)10-7-5-6-8-12(10)15-4-2/h5-8,11,14H,3-4H2,1-2H3. The van der Waals surface area contributed by atoms with Gasteiger partial charge in [-0.05, 0) is 19.5 Å². The summed E-state index contributed by atoms with van der Waals surface area (Å²) in [5.41, 5.74) is 0.906. The Hall–Kier alpha value is -1.53. The quantitative estimate of drug-likeness (QED) is 0.800. The Balaban J connectivity index is 2.95. The lowest BCUT2D eigenvalue weighted by Crippen LogP contribution is -2.19. The van der Waals surface area contributed by atoms with Gasteiger partial charge < -0.3 is 4.74 Å². The van der Waals surface area contributed by atoms with Crippen LogP contribution in [0.3, 0.4) is 0 Å². The number of benzene rings is 1. The molecule has 0 fully saturated rings. The predicted molar refractivity (Wildman–Crippen MR) is 59.6 cm³/mol. The minimum absolute atomic E-state index is 0.294. The molecule has 0 amide bonds. The minimum Gasteiger partial charge on any atom is -0.493 e. The Labute approximate surface area is 90.7 Å². The summed E-state index contributed by atoms with van der Waals surface area (Å²) in [6.07, 6.45) is 0. The van der Waals surface area contributed by atoms with Crippen molar-refractivity contribution >= 4 is 0 Å². The molecule has 3 heteroatoms. The van der Waals surface area contributed by atoms with Crippen LogP contribution in [0.4, 0.5) is 0 Å². The van der Waals surface area contributed by atoms with Crippen molar-refractivity contribution in [1.29, 1.82) is 5.26 Å². The minimum atomic E-state index is -0.294. The van der Waals surface area contributed by atoms with E-state index in [1.807, 2.05) is 38.1 Å². The molecule has 1 aromatic rings. The zero-order chi connectivity index (χ0) is 11.1. The summed E-state index contributed by atoms with van der Waals surface area (Å²) < 4.78 is 5.48. The molecule has 0 aliphatic rings. The van der Waals surface area contributed by atoms with Crippen LogP contribution in [0.25, 0.3) is 0 Å². The van der Waals surface area contributed by atoms with Gasteiger partial charge >= 0.3 is 0 Å². The van der Waals surface area contributed by atoms with E-state index in [2.05, 4.69) is 11.4 Å². The molecule has 80 valence electrons. The first-order valence-corrected chi connectivity index (χ1v) is 5.18. The molecular formula is C12H16N2O. The highest BCUT2D eigenvalue weighted by Gasteiger charge is 2.13. The van der Waals surface area contributed by atoms with E-state index in [9.17, 15) is 0 Å². The van der Waals surface area contributed by atoms with Crippen LogP contribution >= 0.6 is 0 Å². The lowest BCUT2D eigenvalue weighted by atomic mass is 10.1. The number of nitriles is 1. The van der Waals surface area contributed by atoms with Crippen LogP contribution in [0.15, 0.2) is 24.3 Å². The van der Waals surface area contributed by atoms with E-state index in [1.54, 1.807) is 0 Å². The van der Waals surface area contributed by atoms with Gasteiger partial charge in [0.1, 0.15) is 11.8 Å². The molecule has 0 saturated carbocycles. The van der Waals surface area contributed by atoms with Gasteiger partial charge in [-0.15, -0.1) is 0 Å². The fourth-order valence-corrected chi connectivity index (χ4v) is 1.44. The van der Waals surface area contributed by atoms with Gasteiger partial charge in [-0.1, -0.05) is 25.1 Å². The van der Waals surface area contributed by atoms with Crippen molar-refractivity contribution < 1.29 is 4.74 Å². The van der Waals surface area contributed by atoms with Crippen molar-refractivity contribution in [3.8, 4) is 11.8 Å². The summed E-state index contributed by atoms with van der Waals surface area (Å²) in [5, 5.41) is 12.1. The van der Waals surface area contributed by atoms with E-state index >= 15 is 0 Å². The molecule has 1 aromatic carbocycles. The molecule has 0 aromatic heterocycles. The molecule has 3 nitrogen and oxygen atoms in total. The third-order valence-corrected chi connectivity index (χ3v) is 2.07. The first kappa shape index (κ1) is 11.5. The molecule has 0 heterocycles. The number of nitrogens with one attached hydrogen (secondary N) is 1. The molecular weight excluding hydrogens is 188 g/mol. The van der Waals surface area contributed by atoms with Crippen LogP contribution in [0.1, 0.15) is 25.5 Å². The Morgan fingerprint density at radius 2 is 2.13 bits per heavy atom. The molecule has 0 radical (unpaired) electrons. The van der Waals surface area contributed by atoms with Gasteiger partial charge in [0.25, 0.3) is 0 Å². The van der Waals surface area contributed by atoms with Crippen LogP contribution in [0.5, 0.6) is 5.75 Å². The van der Waals surface area contributed by atoms with Crippen LogP contribution in [0, 0.1) is 11.3 Å². The highest BCUT2D eigenvalue weighted by atomic mass is 16.5. The number of para-hydroxylation sites is 1. The summed E-state index contributed by atoms with van der Waals surface area (Å²) in [5.74, 6) is 0.785. The summed E-state index contributed by atoms with van der Waals surface area (Å²) in [7, 11) is 0. The SMILES string of the molecule is CCNC(C#N)c1ccccc1OCC. The maximum absolute atomic E-state index is 9.04. The fourth-order valence-electron chi connectivity index (χ4n) is 1.44.